The molecule has 4 rings (SSSR count). The summed E-state index contributed by atoms with van der Waals surface area (Å²) >= 11 is 1.23. The molecule has 0 saturated carbocycles. The van der Waals surface area contributed by atoms with Gasteiger partial charge in [0.1, 0.15) is 5.75 Å². The molecule has 0 amide bonds. The van der Waals surface area contributed by atoms with Crippen LogP contribution in [0.2, 0.25) is 0 Å². The molecular weight excluding hydrogens is 508 g/mol. The number of benzene rings is 2. The van der Waals surface area contributed by atoms with E-state index < -0.39 is 18.0 Å². The normalized spacial score (nSPS) is 15.0. The number of hydrogen-bond donors (Lipinski definition) is 0. The van der Waals surface area contributed by atoms with Gasteiger partial charge in [-0.2, -0.15) is 0 Å². The van der Waals surface area contributed by atoms with Crippen molar-refractivity contribution in [3.8, 4) is 17.2 Å². The number of carbonyl (C=O) groups excluding carboxylic acids is 2. The summed E-state index contributed by atoms with van der Waals surface area (Å²) < 4.78 is 23.6. The van der Waals surface area contributed by atoms with Crippen molar-refractivity contribution in [3.05, 3.63) is 84.5 Å². The molecule has 1 aliphatic heterocycles. The Morgan fingerprint density at radius 1 is 1.11 bits per heavy atom. The molecule has 198 valence electrons. The maximum Gasteiger partial charge on any atom is 0.338 e. The third-order valence-electron chi connectivity index (χ3n) is 5.75. The molecule has 9 nitrogen and oxygen atoms in total. The zero-order chi connectivity index (χ0) is 27.4. The average Bonchev–Trinajstić information content (AvgIpc) is 3.18. The van der Waals surface area contributed by atoms with Crippen molar-refractivity contribution >= 4 is 29.4 Å². The molecule has 1 aromatic heterocycles. The van der Waals surface area contributed by atoms with Crippen molar-refractivity contribution in [1.82, 2.24) is 4.57 Å². The van der Waals surface area contributed by atoms with E-state index in [1.165, 1.54) is 22.8 Å². The van der Waals surface area contributed by atoms with E-state index in [0.29, 0.717) is 38.7 Å². The van der Waals surface area contributed by atoms with E-state index in [9.17, 15) is 14.4 Å². The molecule has 1 aliphatic rings. The number of ether oxygens (including phenoxy) is 4. The number of aromatic nitrogens is 1. The molecule has 0 saturated heterocycles. The van der Waals surface area contributed by atoms with Crippen molar-refractivity contribution in [3.63, 3.8) is 0 Å². The smallest absolute Gasteiger partial charge is 0.338 e. The van der Waals surface area contributed by atoms with Crippen LogP contribution in [0.1, 0.15) is 44.9 Å². The van der Waals surface area contributed by atoms with Crippen molar-refractivity contribution in [1.29, 1.82) is 0 Å². The van der Waals surface area contributed by atoms with E-state index in [1.807, 2.05) is 24.3 Å². The minimum absolute atomic E-state index is 0.165. The Kier molecular flexibility index (Phi) is 8.11. The van der Waals surface area contributed by atoms with Gasteiger partial charge in [-0.05, 0) is 62.2 Å². The Morgan fingerprint density at radius 3 is 2.58 bits per heavy atom. The summed E-state index contributed by atoms with van der Waals surface area (Å²) in [5, 5.41) is 0. The topological polar surface area (TPSA) is 105 Å². The molecule has 0 spiro atoms. The molecule has 2 heterocycles. The minimum Gasteiger partial charge on any atom is -0.497 e. The quantitative estimate of drug-likeness (QED) is 0.322. The summed E-state index contributed by atoms with van der Waals surface area (Å²) in [5.74, 6) is 0.166. The first-order valence-electron chi connectivity index (χ1n) is 12.1. The van der Waals surface area contributed by atoms with Gasteiger partial charge in [-0.25, -0.2) is 9.79 Å². The molecule has 0 aliphatic carbocycles. The van der Waals surface area contributed by atoms with Crippen LogP contribution in [0.5, 0.6) is 17.2 Å². The van der Waals surface area contributed by atoms with Gasteiger partial charge in [0.25, 0.3) is 5.56 Å². The fourth-order valence-corrected chi connectivity index (χ4v) is 5.24. The molecule has 2 aromatic carbocycles. The Hall–Kier alpha value is -4.18. The van der Waals surface area contributed by atoms with Gasteiger partial charge in [0.2, 0.25) is 0 Å². The molecule has 38 heavy (non-hydrogen) atoms. The van der Waals surface area contributed by atoms with Crippen LogP contribution >= 0.6 is 11.3 Å². The number of esters is 2. The lowest BCUT2D eigenvalue weighted by molar-refractivity contribution is -0.139. The van der Waals surface area contributed by atoms with Crippen molar-refractivity contribution in [2.75, 3.05) is 20.3 Å². The first-order valence-corrected chi connectivity index (χ1v) is 12.9. The largest absolute Gasteiger partial charge is 0.497 e. The third kappa shape index (κ3) is 5.40. The molecule has 3 aromatic rings. The lowest BCUT2D eigenvalue weighted by Gasteiger charge is -2.25. The zero-order valence-electron chi connectivity index (χ0n) is 21.8. The van der Waals surface area contributed by atoms with E-state index in [-0.39, 0.29) is 23.5 Å². The summed E-state index contributed by atoms with van der Waals surface area (Å²) in [4.78, 5) is 43.6. The summed E-state index contributed by atoms with van der Waals surface area (Å²) in [6, 6.07) is 11.5. The second kappa shape index (κ2) is 11.5. The van der Waals surface area contributed by atoms with E-state index in [0.717, 1.165) is 5.56 Å². The number of methoxy groups -OCH3 is 1. The molecule has 0 fully saturated rings. The predicted molar refractivity (Wildman–Crippen MR) is 142 cm³/mol. The van der Waals surface area contributed by atoms with Crippen LogP contribution in [0.15, 0.2) is 63.5 Å². The second-order valence-corrected chi connectivity index (χ2v) is 9.32. The van der Waals surface area contributed by atoms with Crippen LogP contribution in [0.3, 0.4) is 0 Å². The summed E-state index contributed by atoms with van der Waals surface area (Å²) in [6.07, 6.45) is 1.77. The van der Waals surface area contributed by atoms with Crippen LogP contribution in [0, 0.1) is 0 Å². The molecule has 0 radical (unpaired) electrons. The third-order valence-corrected chi connectivity index (χ3v) is 6.73. The Labute approximate surface area is 223 Å². The Bertz CT molecular complexity index is 1600. The van der Waals surface area contributed by atoms with Gasteiger partial charge in [0, 0.05) is 6.92 Å². The molecule has 0 bridgehead atoms. The van der Waals surface area contributed by atoms with Gasteiger partial charge in [-0.3, -0.25) is 14.2 Å². The predicted octanol–water partition coefficient (Wildman–Crippen LogP) is 3.13. The number of allylic oxidation sites excluding steroid dienone is 1. The van der Waals surface area contributed by atoms with Gasteiger partial charge in [0.15, 0.2) is 16.3 Å². The SMILES string of the molecule is CCOC(=O)C1=C(C)N=c2sc(=Cc3cccc(OC)c3)c(=O)n2C1c1ccc(OC(C)=O)c(OCC)c1. The van der Waals surface area contributed by atoms with Crippen molar-refractivity contribution < 1.29 is 28.5 Å². The van der Waals surface area contributed by atoms with Gasteiger partial charge in [-0.1, -0.05) is 29.5 Å². The molecule has 0 N–H and O–H groups in total. The highest BCUT2D eigenvalue weighted by atomic mass is 32.1. The number of hydrogen-bond acceptors (Lipinski definition) is 9. The number of thiazole rings is 1. The highest BCUT2D eigenvalue weighted by Crippen LogP contribution is 2.36. The number of fused-ring (bicyclic) bond motifs is 1. The summed E-state index contributed by atoms with van der Waals surface area (Å²) in [7, 11) is 1.58. The number of rotatable bonds is 8. The van der Waals surface area contributed by atoms with E-state index >= 15 is 0 Å². The lowest BCUT2D eigenvalue weighted by Crippen LogP contribution is -2.40. The van der Waals surface area contributed by atoms with Gasteiger partial charge >= 0.3 is 11.9 Å². The van der Waals surface area contributed by atoms with Gasteiger partial charge < -0.3 is 18.9 Å². The summed E-state index contributed by atoms with van der Waals surface area (Å²) in [5.41, 5.74) is 1.75. The van der Waals surface area contributed by atoms with Crippen LogP contribution < -0.4 is 29.1 Å². The minimum atomic E-state index is -0.830. The maximum absolute atomic E-state index is 13.8. The number of nitrogens with zero attached hydrogens (tertiary/aromatic N) is 2. The van der Waals surface area contributed by atoms with E-state index in [2.05, 4.69) is 4.99 Å². The molecule has 1 atom stereocenters. The molecular formula is C28H28N2O7S. The second-order valence-electron chi connectivity index (χ2n) is 8.31. The maximum atomic E-state index is 13.8. The van der Waals surface area contributed by atoms with E-state index in [1.54, 1.807) is 52.2 Å². The van der Waals surface area contributed by atoms with Crippen molar-refractivity contribution in [2.45, 2.75) is 33.7 Å². The fourth-order valence-electron chi connectivity index (χ4n) is 4.19. The van der Waals surface area contributed by atoms with Crippen molar-refractivity contribution in [2.24, 2.45) is 4.99 Å². The zero-order valence-corrected chi connectivity index (χ0v) is 22.6. The Balaban J connectivity index is 1.95. The standard InChI is InChI=1S/C28H28N2O7S/c1-6-35-22-15-19(11-12-21(22)37-17(4)31)25-24(27(33)36-7-2)16(3)29-28-30(25)26(32)23(38-28)14-18-9-8-10-20(13-18)34-5/h8-15,25H,6-7H2,1-5H3. The summed E-state index contributed by atoms with van der Waals surface area (Å²) in [6.45, 7) is 7.02. The van der Waals surface area contributed by atoms with Gasteiger partial charge in [-0.15, -0.1) is 0 Å². The Morgan fingerprint density at radius 2 is 1.89 bits per heavy atom. The van der Waals surface area contributed by atoms with Crippen LogP contribution in [0.4, 0.5) is 0 Å². The number of carbonyl (C=O) groups is 2. The molecule has 10 heteroatoms. The monoisotopic (exact) mass is 536 g/mol. The molecule has 1 unspecified atom stereocenters. The first-order chi connectivity index (χ1) is 18.3. The highest BCUT2D eigenvalue weighted by Gasteiger charge is 2.34. The van der Waals surface area contributed by atoms with Crippen LogP contribution in [-0.4, -0.2) is 36.8 Å². The van der Waals surface area contributed by atoms with Crippen LogP contribution in [0.25, 0.3) is 6.08 Å². The fraction of sp³-hybridized carbons (Fsp3) is 0.286. The lowest BCUT2D eigenvalue weighted by atomic mass is 9.95. The van der Waals surface area contributed by atoms with E-state index in [4.69, 9.17) is 18.9 Å². The van der Waals surface area contributed by atoms with Gasteiger partial charge in [0.05, 0.1) is 42.2 Å². The van der Waals surface area contributed by atoms with Crippen LogP contribution in [-0.2, 0) is 14.3 Å². The highest BCUT2D eigenvalue weighted by molar-refractivity contribution is 7.07. The average molecular weight is 537 g/mol. The first kappa shape index (κ1) is 26.9.